The van der Waals surface area contributed by atoms with Crippen LogP contribution >= 0.6 is 0 Å². The van der Waals surface area contributed by atoms with Crippen molar-refractivity contribution in [3.05, 3.63) is 42.6 Å². The van der Waals surface area contributed by atoms with Gasteiger partial charge in [0.1, 0.15) is 0 Å². The van der Waals surface area contributed by atoms with E-state index in [0.29, 0.717) is 0 Å². The van der Waals surface area contributed by atoms with E-state index in [0.717, 1.165) is 32.1 Å². The molecule has 0 atom stereocenters. The first-order chi connectivity index (χ1) is 9.33. The van der Waals surface area contributed by atoms with Crippen molar-refractivity contribution in [3.63, 3.8) is 0 Å². The first-order valence-corrected chi connectivity index (χ1v) is 6.59. The predicted octanol–water partition coefficient (Wildman–Crippen LogP) is -1.59. The number of hydrogen-bond acceptors (Lipinski definition) is 3. The van der Waals surface area contributed by atoms with Gasteiger partial charge in [0.2, 0.25) is 6.20 Å². The molecule has 0 aliphatic carbocycles. The van der Waals surface area contributed by atoms with Gasteiger partial charge >= 0.3 is 0 Å². The third-order valence-electron chi connectivity index (χ3n) is 3.31. The summed E-state index contributed by atoms with van der Waals surface area (Å²) in [6.45, 7) is 3.37. The lowest BCUT2D eigenvalue weighted by molar-refractivity contribution is -0.729. The Hall–Kier alpha value is -1.21. The lowest BCUT2D eigenvalue weighted by Crippen LogP contribution is -3.00. The molecule has 1 fully saturated rings. The molecule has 2 aromatic rings. The monoisotopic (exact) mass is 383 g/mol. The second-order valence-electron chi connectivity index (χ2n) is 4.73. The van der Waals surface area contributed by atoms with Crippen LogP contribution < -0.4 is 33.6 Å². The summed E-state index contributed by atoms with van der Waals surface area (Å²) in [5.74, 6) is 1.02. The maximum absolute atomic E-state index is 5.39. The fourth-order valence-electron chi connectivity index (χ4n) is 2.33. The molecule has 0 N–H and O–H groups in total. The molecular formula is C15H18IN3O. The average Bonchev–Trinajstić information content (AvgIpc) is 2.48. The highest BCUT2D eigenvalue weighted by Gasteiger charge is 2.17. The fourth-order valence-corrected chi connectivity index (χ4v) is 2.33. The van der Waals surface area contributed by atoms with E-state index in [9.17, 15) is 0 Å². The van der Waals surface area contributed by atoms with Crippen LogP contribution in [-0.4, -0.2) is 31.4 Å². The number of hydrogen-bond donors (Lipinski definition) is 0. The number of rotatable bonds is 2. The number of ether oxygens (including phenoxy) is 1. The van der Waals surface area contributed by atoms with E-state index in [1.54, 1.807) is 0 Å². The Morgan fingerprint density at radius 3 is 2.50 bits per heavy atom. The number of anilines is 1. The van der Waals surface area contributed by atoms with E-state index in [4.69, 9.17) is 4.74 Å². The van der Waals surface area contributed by atoms with Crippen LogP contribution in [0.4, 0.5) is 5.82 Å². The van der Waals surface area contributed by atoms with Gasteiger partial charge in [0.05, 0.1) is 18.8 Å². The molecule has 0 radical (unpaired) electrons. The molecule has 5 heteroatoms. The van der Waals surface area contributed by atoms with Gasteiger partial charge in [0.25, 0.3) is 0 Å². The first kappa shape index (κ1) is 15.2. The highest BCUT2D eigenvalue weighted by atomic mass is 127. The second-order valence-corrected chi connectivity index (χ2v) is 4.73. The average molecular weight is 383 g/mol. The maximum atomic E-state index is 5.39. The van der Waals surface area contributed by atoms with Crippen molar-refractivity contribution in [3.8, 4) is 11.1 Å². The number of halogens is 1. The van der Waals surface area contributed by atoms with Crippen LogP contribution in [0.5, 0.6) is 0 Å². The summed E-state index contributed by atoms with van der Waals surface area (Å²) >= 11 is 0. The topological polar surface area (TPSA) is 29.2 Å². The molecule has 1 aliphatic heterocycles. The molecule has 0 amide bonds. The number of nitrogens with zero attached hydrogens (tertiary/aromatic N) is 3. The summed E-state index contributed by atoms with van der Waals surface area (Å²) < 4.78 is 7.27. The highest BCUT2D eigenvalue weighted by Crippen LogP contribution is 2.21. The summed E-state index contributed by atoms with van der Waals surface area (Å²) in [6, 6.07) is 12.6. The molecule has 3 rings (SSSR count). The lowest BCUT2D eigenvalue weighted by atomic mass is 10.1. The van der Waals surface area contributed by atoms with Crippen molar-refractivity contribution >= 4 is 5.82 Å². The van der Waals surface area contributed by atoms with Gasteiger partial charge in [-0.1, -0.05) is 35.0 Å². The SMILES string of the molecule is C[n+]1cc(-c2ccccc2)cc(N2CCOCC2)n1.[I-]. The fraction of sp³-hybridized carbons (Fsp3) is 0.333. The number of morpholine rings is 1. The van der Waals surface area contributed by atoms with Gasteiger partial charge in [-0.2, -0.15) is 0 Å². The molecule has 1 aromatic carbocycles. The number of benzene rings is 1. The van der Waals surface area contributed by atoms with E-state index >= 15 is 0 Å². The molecule has 4 nitrogen and oxygen atoms in total. The quantitative estimate of drug-likeness (QED) is 0.463. The van der Waals surface area contributed by atoms with Crippen molar-refractivity contribution in [1.82, 2.24) is 5.10 Å². The standard InChI is InChI=1S/C15H18N3O.HI/c1-17-12-14(13-5-3-2-4-6-13)11-15(16-17)18-7-9-19-10-8-18;/h2-6,11-12H,7-10H2,1H3;1H/q+1;/p-1. The Balaban J connectivity index is 0.00000147. The van der Waals surface area contributed by atoms with Crippen LogP contribution in [0.2, 0.25) is 0 Å². The second kappa shape index (κ2) is 6.99. The molecule has 1 aromatic heterocycles. The minimum Gasteiger partial charge on any atom is -1.00 e. The molecular weight excluding hydrogens is 365 g/mol. The molecule has 2 heterocycles. The van der Waals surface area contributed by atoms with Gasteiger partial charge in [-0.05, 0) is 5.56 Å². The van der Waals surface area contributed by atoms with Gasteiger partial charge in [0, 0.05) is 24.3 Å². The van der Waals surface area contributed by atoms with Crippen LogP contribution in [-0.2, 0) is 11.8 Å². The zero-order valence-electron chi connectivity index (χ0n) is 11.5. The molecule has 106 valence electrons. The van der Waals surface area contributed by atoms with E-state index in [-0.39, 0.29) is 24.0 Å². The van der Waals surface area contributed by atoms with Crippen molar-refractivity contribution < 1.29 is 33.4 Å². The Morgan fingerprint density at radius 2 is 1.80 bits per heavy atom. The van der Waals surface area contributed by atoms with Gasteiger partial charge in [-0.15, -0.1) is 0 Å². The molecule has 0 bridgehead atoms. The van der Waals surface area contributed by atoms with E-state index in [1.165, 1.54) is 11.1 Å². The first-order valence-electron chi connectivity index (χ1n) is 6.59. The summed E-state index contributed by atoms with van der Waals surface area (Å²) in [6.07, 6.45) is 2.05. The zero-order chi connectivity index (χ0) is 13.1. The minimum absolute atomic E-state index is 0. The molecule has 1 aliphatic rings. The molecule has 0 spiro atoms. The van der Waals surface area contributed by atoms with Crippen LogP contribution in [0.3, 0.4) is 0 Å². The number of aromatic nitrogens is 2. The van der Waals surface area contributed by atoms with Crippen molar-refractivity contribution in [2.24, 2.45) is 7.05 Å². The normalized spacial score (nSPS) is 14.8. The van der Waals surface area contributed by atoms with Gasteiger partial charge in [-0.25, -0.2) is 0 Å². The van der Waals surface area contributed by atoms with Crippen LogP contribution in [0, 0.1) is 0 Å². The van der Waals surface area contributed by atoms with E-state index in [2.05, 4.69) is 46.5 Å². The Kier molecular flexibility index (Phi) is 5.31. The van der Waals surface area contributed by atoms with Crippen molar-refractivity contribution in [2.45, 2.75) is 0 Å². The highest BCUT2D eigenvalue weighted by molar-refractivity contribution is 5.64. The van der Waals surface area contributed by atoms with Gasteiger partial charge in [0.15, 0.2) is 12.9 Å². The van der Waals surface area contributed by atoms with E-state index in [1.807, 2.05) is 17.8 Å². The maximum Gasteiger partial charge on any atom is 0.203 e. The van der Waals surface area contributed by atoms with Crippen LogP contribution in [0.1, 0.15) is 0 Å². The van der Waals surface area contributed by atoms with Crippen LogP contribution in [0.15, 0.2) is 42.6 Å². The number of aryl methyl sites for hydroxylation is 1. The van der Waals surface area contributed by atoms with E-state index < -0.39 is 0 Å². The minimum atomic E-state index is 0. The largest absolute Gasteiger partial charge is 1.00 e. The molecule has 1 saturated heterocycles. The van der Waals surface area contributed by atoms with Crippen LogP contribution in [0.25, 0.3) is 11.1 Å². The summed E-state index contributed by atoms with van der Waals surface area (Å²) in [7, 11) is 1.97. The summed E-state index contributed by atoms with van der Waals surface area (Å²) in [5.41, 5.74) is 2.41. The Morgan fingerprint density at radius 1 is 1.10 bits per heavy atom. The van der Waals surface area contributed by atoms with Crippen molar-refractivity contribution in [2.75, 3.05) is 31.2 Å². The summed E-state index contributed by atoms with van der Waals surface area (Å²) in [5, 5.41) is 4.57. The third-order valence-corrected chi connectivity index (χ3v) is 3.31. The predicted molar refractivity (Wildman–Crippen MR) is 73.9 cm³/mol. The Bertz CT molecular complexity index is 556. The lowest BCUT2D eigenvalue weighted by Gasteiger charge is -2.26. The van der Waals surface area contributed by atoms with Crippen molar-refractivity contribution in [1.29, 1.82) is 0 Å². The third kappa shape index (κ3) is 3.46. The zero-order valence-corrected chi connectivity index (χ0v) is 13.7. The molecule has 0 unspecified atom stereocenters. The summed E-state index contributed by atoms with van der Waals surface area (Å²) in [4.78, 5) is 2.27. The van der Waals surface area contributed by atoms with Gasteiger partial charge in [-0.3, -0.25) is 0 Å². The van der Waals surface area contributed by atoms with Gasteiger partial charge < -0.3 is 33.6 Å². The molecule has 0 saturated carbocycles. The Labute approximate surface area is 136 Å². The molecule has 20 heavy (non-hydrogen) atoms. The smallest absolute Gasteiger partial charge is 0.203 e.